The highest BCUT2D eigenvalue weighted by Crippen LogP contribution is 2.39. The molecule has 0 spiro atoms. The number of hydrogen-bond acceptors (Lipinski definition) is 6. The van der Waals surface area contributed by atoms with Crippen molar-refractivity contribution in [1.29, 1.82) is 0 Å². The van der Waals surface area contributed by atoms with Gasteiger partial charge in [0, 0.05) is 42.5 Å². The van der Waals surface area contributed by atoms with Crippen LogP contribution in [0.1, 0.15) is 45.4 Å². The van der Waals surface area contributed by atoms with Crippen LogP contribution >= 0.6 is 0 Å². The maximum atomic E-state index is 12.2. The third kappa shape index (κ3) is 4.22. The number of pyridine rings is 1. The van der Waals surface area contributed by atoms with E-state index in [0.29, 0.717) is 41.8 Å². The maximum Gasteiger partial charge on any atom is 0.252 e. The van der Waals surface area contributed by atoms with E-state index in [0.717, 1.165) is 18.4 Å². The Morgan fingerprint density at radius 2 is 1.71 bits per heavy atom. The lowest BCUT2D eigenvalue weighted by molar-refractivity contribution is 0.0927. The van der Waals surface area contributed by atoms with Crippen LogP contribution in [-0.4, -0.2) is 40.0 Å². The van der Waals surface area contributed by atoms with Crippen molar-refractivity contribution in [1.82, 2.24) is 25.8 Å². The molecule has 8 heteroatoms. The van der Waals surface area contributed by atoms with E-state index in [1.54, 1.807) is 42.6 Å². The molecule has 142 valence electrons. The average Bonchev–Trinajstić information content (AvgIpc) is 3.48. The highest BCUT2D eigenvalue weighted by atomic mass is 16.5. The summed E-state index contributed by atoms with van der Waals surface area (Å²) in [6.45, 7) is 0.645. The topological polar surface area (TPSA) is 110 Å². The molecule has 0 atom stereocenters. The summed E-state index contributed by atoms with van der Waals surface area (Å²) in [7, 11) is 0. The highest BCUT2D eigenvalue weighted by molar-refractivity contribution is 5.95. The highest BCUT2D eigenvalue weighted by Gasteiger charge is 2.29. The third-order valence-corrected chi connectivity index (χ3v) is 4.39. The molecule has 3 aromatic rings. The second kappa shape index (κ2) is 7.99. The van der Waals surface area contributed by atoms with Crippen LogP contribution in [0.2, 0.25) is 0 Å². The number of benzene rings is 1. The van der Waals surface area contributed by atoms with E-state index in [9.17, 15) is 9.59 Å². The lowest BCUT2D eigenvalue weighted by atomic mass is 10.1. The molecule has 4 rings (SSSR count). The van der Waals surface area contributed by atoms with Crippen molar-refractivity contribution in [2.75, 3.05) is 13.1 Å². The molecule has 8 nitrogen and oxygen atoms in total. The number of carbonyl (C=O) groups excluding carboxylic acids is 2. The van der Waals surface area contributed by atoms with Gasteiger partial charge in [0.05, 0.1) is 5.56 Å². The minimum Gasteiger partial charge on any atom is -0.350 e. The third-order valence-electron chi connectivity index (χ3n) is 4.39. The van der Waals surface area contributed by atoms with Crippen LogP contribution in [0.25, 0.3) is 11.4 Å². The standard InChI is InChI=1S/C20H19N5O3/c26-18(22-10-11-23-19(27)16-2-1-9-21-12-16)14-5-3-13(4-6-14)17-24-20(28-25-17)15-7-8-15/h1-6,9,12,15H,7-8,10-11H2,(H,22,26)(H,23,27). The van der Waals surface area contributed by atoms with Gasteiger partial charge in [-0.3, -0.25) is 14.6 Å². The molecule has 0 saturated heterocycles. The first-order chi connectivity index (χ1) is 13.7. The number of hydrogen-bond donors (Lipinski definition) is 2. The fraction of sp³-hybridized carbons (Fsp3) is 0.250. The molecular weight excluding hydrogens is 358 g/mol. The quantitative estimate of drug-likeness (QED) is 0.611. The van der Waals surface area contributed by atoms with Gasteiger partial charge in [-0.1, -0.05) is 17.3 Å². The predicted molar refractivity (Wildman–Crippen MR) is 101 cm³/mol. The predicted octanol–water partition coefficient (Wildman–Crippen LogP) is 2.17. The Balaban J connectivity index is 1.26. The van der Waals surface area contributed by atoms with E-state index >= 15 is 0 Å². The zero-order valence-corrected chi connectivity index (χ0v) is 15.1. The molecule has 2 amide bonds. The molecule has 28 heavy (non-hydrogen) atoms. The largest absolute Gasteiger partial charge is 0.350 e. The van der Waals surface area contributed by atoms with Crippen LogP contribution in [0.3, 0.4) is 0 Å². The van der Waals surface area contributed by atoms with E-state index in [1.807, 2.05) is 0 Å². The molecule has 0 aliphatic heterocycles. The monoisotopic (exact) mass is 377 g/mol. The summed E-state index contributed by atoms with van der Waals surface area (Å²) < 4.78 is 5.26. The van der Waals surface area contributed by atoms with Gasteiger partial charge in [-0.25, -0.2) is 0 Å². The molecule has 2 heterocycles. The second-order valence-electron chi connectivity index (χ2n) is 6.56. The van der Waals surface area contributed by atoms with Gasteiger partial charge >= 0.3 is 0 Å². The summed E-state index contributed by atoms with van der Waals surface area (Å²) in [6.07, 6.45) is 5.30. The average molecular weight is 377 g/mol. The summed E-state index contributed by atoms with van der Waals surface area (Å²) in [5.41, 5.74) is 1.81. The smallest absolute Gasteiger partial charge is 0.252 e. The van der Waals surface area contributed by atoms with Gasteiger partial charge in [-0.15, -0.1) is 0 Å². The number of amides is 2. The fourth-order valence-corrected chi connectivity index (χ4v) is 2.67. The minimum atomic E-state index is -0.225. The van der Waals surface area contributed by atoms with Crippen molar-refractivity contribution in [2.24, 2.45) is 0 Å². The summed E-state index contributed by atoms with van der Waals surface area (Å²) in [5, 5.41) is 9.50. The van der Waals surface area contributed by atoms with Gasteiger partial charge in [0.1, 0.15) is 0 Å². The van der Waals surface area contributed by atoms with Gasteiger partial charge in [0.25, 0.3) is 11.8 Å². The molecule has 1 saturated carbocycles. The zero-order valence-electron chi connectivity index (χ0n) is 15.1. The molecule has 1 fully saturated rings. The molecule has 2 N–H and O–H groups in total. The minimum absolute atomic E-state index is 0.214. The van der Waals surface area contributed by atoms with Crippen LogP contribution in [0.4, 0.5) is 0 Å². The number of carbonyl (C=O) groups is 2. The number of rotatable bonds is 7. The Kier molecular flexibility index (Phi) is 5.09. The van der Waals surface area contributed by atoms with E-state index in [1.165, 1.54) is 6.20 Å². The van der Waals surface area contributed by atoms with Crippen molar-refractivity contribution in [3.8, 4) is 11.4 Å². The van der Waals surface area contributed by atoms with E-state index < -0.39 is 0 Å². The number of nitrogens with zero attached hydrogens (tertiary/aromatic N) is 3. The first kappa shape index (κ1) is 17.8. The molecule has 0 unspecified atom stereocenters. The molecule has 2 aromatic heterocycles. The molecule has 1 aromatic carbocycles. The number of aromatic nitrogens is 3. The lowest BCUT2D eigenvalue weighted by Gasteiger charge is -2.07. The fourth-order valence-electron chi connectivity index (χ4n) is 2.67. The molecule has 0 bridgehead atoms. The van der Waals surface area contributed by atoms with Crippen LogP contribution in [0.15, 0.2) is 53.3 Å². The Morgan fingerprint density at radius 3 is 2.36 bits per heavy atom. The van der Waals surface area contributed by atoms with Gasteiger partial charge < -0.3 is 15.2 Å². The van der Waals surface area contributed by atoms with Gasteiger partial charge in [-0.05, 0) is 37.1 Å². The summed E-state index contributed by atoms with van der Waals surface area (Å²) in [6, 6.07) is 10.4. The molecular formula is C20H19N5O3. The van der Waals surface area contributed by atoms with Crippen molar-refractivity contribution in [2.45, 2.75) is 18.8 Å². The first-order valence-corrected chi connectivity index (χ1v) is 9.11. The van der Waals surface area contributed by atoms with E-state index in [2.05, 4.69) is 25.8 Å². The Labute approximate surface area is 161 Å². The summed E-state index contributed by atoms with van der Waals surface area (Å²) >= 11 is 0. The Morgan fingerprint density at radius 1 is 1.00 bits per heavy atom. The van der Waals surface area contributed by atoms with Crippen molar-refractivity contribution in [3.05, 3.63) is 65.8 Å². The van der Waals surface area contributed by atoms with Crippen molar-refractivity contribution in [3.63, 3.8) is 0 Å². The van der Waals surface area contributed by atoms with Crippen LogP contribution in [-0.2, 0) is 0 Å². The van der Waals surface area contributed by atoms with E-state index in [4.69, 9.17) is 4.52 Å². The second-order valence-corrected chi connectivity index (χ2v) is 6.56. The Hall–Kier alpha value is -3.55. The maximum absolute atomic E-state index is 12.2. The molecule has 1 aliphatic carbocycles. The first-order valence-electron chi connectivity index (χ1n) is 9.11. The van der Waals surface area contributed by atoms with Gasteiger partial charge in [-0.2, -0.15) is 4.98 Å². The summed E-state index contributed by atoms with van der Waals surface area (Å²) in [4.78, 5) is 32.4. The van der Waals surface area contributed by atoms with Crippen LogP contribution in [0.5, 0.6) is 0 Å². The van der Waals surface area contributed by atoms with E-state index in [-0.39, 0.29) is 11.8 Å². The van der Waals surface area contributed by atoms with Crippen molar-refractivity contribution < 1.29 is 14.1 Å². The van der Waals surface area contributed by atoms with Crippen molar-refractivity contribution >= 4 is 11.8 Å². The molecule has 1 aliphatic rings. The van der Waals surface area contributed by atoms with Gasteiger partial charge in [0.2, 0.25) is 11.7 Å². The van der Waals surface area contributed by atoms with Gasteiger partial charge in [0.15, 0.2) is 0 Å². The zero-order chi connectivity index (χ0) is 19.3. The summed E-state index contributed by atoms with van der Waals surface area (Å²) in [5.74, 6) is 1.19. The van der Waals surface area contributed by atoms with Crippen LogP contribution < -0.4 is 10.6 Å². The Bertz CT molecular complexity index is 965. The SMILES string of the molecule is O=C(NCCNC(=O)c1cccnc1)c1ccc(-c2noc(C3CC3)n2)cc1. The van der Waals surface area contributed by atoms with Crippen LogP contribution in [0, 0.1) is 0 Å². The lowest BCUT2D eigenvalue weighted by Crippen LogP contribution is -2.34. The number of nitrogens with one attached hydrogen (secondary N) is 2. The normalized spacial score (nSPS) is 13.1. The molecule has 0 radical (unpaired) electrons.